The monoisotopic (exact) mass is 264 g/mol. The van der Waals surface area contributed by atoms with Gasteiger partial charge in [-0.2, -0.15) is 5.26 Å². The first kappa shape index (κ1) is 14.1. The second-order valence-corrected chi connectivity index (χ2v) is 3.96. The SMILES string of the molecule is COC(=S)C(C#N)=C(C)NCc1cccc(F)c1. The lowest BCUT2D eigenvalue weighted by molar-refractivity contribution is 0.415. The number of nitrogens with zero attached hydrogens (tertiary/aromatic N) is 1. The summed E-state index contributed by atoms with van der Waals surface area (Å²) in [6, 6.07) is 8.22. The van der Waals surface area contributed by atoms with Crippen LogP contribution in [-0.2, 0) is 11.3 Å². The molecule has 0 spiro atoms. The second kappa shape index (κ2) is 6.72. The van der Waals surface area contributed by atoms with Gasteiger partial charge in [-0.3, -0.25) is 0 Å². The summed E-state index contributed by atoms with van der Waals surface area (Å²) < 4.78 is 17.8. The first-order chi connectivity index (χ1) is 8.58. The fraction of sp³-hybridized carbons (Fsp3) is 0.231. The third-order valence-electron chi connectivity index (χ3n) is 2.32. The molecule has 5 heteroatoms. The summed E-state index contributed by atoms with van der Waals surface area (Å²) in [4.78, 5) is 0. The van der Waals surface area contributed by atoms with Gasteiger partial charge in [-0.15, -0.1) is 0 Å². The van der Waals surface area contributed by atoms with E-state index >= 15 is 0 Å². The van der Waals surface area contributed by atoms with Crippen molar-refractivity contribution in [2.24, 2.45) is 0 Å². The zero-order chi connectivity index (χ0) is 13.5. The van der Waals surface area contributed by atoms with Crippen LogP contribution in [0.1, 0.15) is 12.5 Å². The number of thiocarbonyl (C=S) groups is 1. The van der Waals surface area contributed by atoms with Crippen LogP contribution in [0.25, 0.3) is 0 Å². The molecule has 0 saturated carbocycles. The maximum absolute atomic E-state index is 13.0. The molecule has 0 atom stereocenters. The van der Waals surface area contributed by atoms with Crippen molar-refractivity contribution < 1.29 is 9.13 Å². The lowest BCUT2D eigenvalue weighted by Gasteiger charge is -2.09. The van der Waals surface area contributed by atoms with E-state index in [4.69, 9.17) is 22.2 Å². The summed E-state index contributed by atoms with van der Waals surface area (Å²) in [5, 5.41) is 12.1. The molecule has 0 unspecified atom stereocenters. The topological polar surface area (TPSA) is 45.0 Å². The summed E-state index contributed by atoms with van der Waals surface area (Å²) in [6.45, 7) is 2.14. The Kier molecular flexibility index (Phi) is 5.28. The molecule has 0 bridgehead atoms. The lowest BCUT2D eigenvalue weighted by atomic mass is 10.2. The zero-order valence-electron chi connectivity index (χ0n) is 10.2. The van der Waals surface area contributed by atoms with Crippen molar-refractivity contribution in [2.45, 2.75) is 13.5 Å². The van der Waals surface area contributed by atoms with E-state index in [2.05, 4.69) is 5.32 Å². The molecule has 0 aromatic heterocycles. The number of rotatable bonds is 4. The Balaban J connectivity index is 2.76. The number of hydrogen-bond acceptors (Lipinski definition) is 4. The molecule has 3 nitrogen and oxygen atoms in total. The van der Waals surface area contributed by atoms with E-state index in [9.17, 15) is 4.39 Å². The predicted molar refractivity (Wildman–Crippen MR) is 71.2 cm³/mol. The van der Waals surface area contributed by atoms with Crippen LogP contribution in [0.3, 0.4) is 0 Å². The number of hydrogen-bond donors (Lipinski definition) is 1. The predicted octanol–water partition coefficient (Wildman–Crippen LogP) is 2.69. The summed E-state index contributed by atoms with van der Waals surface area (Å²) in [6.07, 6.45) is 0. The Morgan fingerprint density at radius 1 is 1.56 bits per heavy atom. The van der Waals surface area contributed by atoms with Gasteiger partial charge in [-0.05, 0) is 36.8 Å². The molecular weight excluding hydrogens is 251 g/mol. The van der Waals surface area contributed by atoms with Crippen molar-refractivity contribution >= 4 is 17.3 Å². The minimum atomic E-state index is -0.288. The quantitative estimate of drug-likeness (QED) is 0.516. The molecule has 1 aromatic rings. The van der Waals surface area contributed by atoms with Gasteiger partial charge in [0.05, 0.1) is 7.11 Å². The van der Waals surface area contributed by atoms with Crippen LogP contribution >= 0.6 is 12.2 Å². The normalized spacial score (nSPS) is 11.2. The first-order valence-electron chi connectivity index (χ1n) is 5.26. The van der Waals surface area contributed by atoms with Crippen molar-refractivity contribution in [3.8, 4) is 6.07 Å². The highest BCUT2D eigenvalue weighted by Crippen LogP contribution is 2.07. The molecule has 0 saturated heterocycles. The minimum absolute atomic E-state index is 0.141. The average Bonchev–Trinajstić information content (AvgIpc) is 2.37. The number of methoxy groups -OCH3 is 1. The molecule has 0 fully saturated rings. The number of allylic oxidation sites excluding steroid dienone is 1. The van der Waals surface area contributed by atoms with Crippen LogP contribution in [0.4, 0.5) is 4.39 Å². The zero-order valence-corrected chi connectivity index (χ0v) is 11.0. The van der Waals surface area contributed by atoms with Crippen molar-refractivity contribution in [3.63, 3.8) is 0 Å². The van der Waals surface area contributed by atoms with Crippen molar-refractivity contribution in [1.29, 1.82) is 5.26 Å². The van der Waals surface area contributed by atoms with Gasteiger partial charge in [-0.1, -0.05) is 12.1 Å². The Labute approximate surface area is 111 Å². The van der Waals surface area contributed by atoms with E-state index in [1.54, 1.807) is 19.1 Å². The summed E-state index contributed by atoms with van der Waals surface area (Å²) in [5.74, 6) is -0.288. The van der Waals surface area contributed by atoms with E-state index in [1.807, 2.05) is 6.07 Å². The molecule has 1 aromatic carbocycles. The largest absolute Gasteiger partial charge is 0.486 e. The third-order valence-corrected chi connectivity index (χ3v) is 2.69. The molecule has 1 rings (SSSR count). The van der Waals surface area contributed by atoms with Crippen LogP contribution in [0.2, 0.25) is 0 Å². The van der Waals surface area contributed by atoms with Crippen LogP contribution in [0, 0.1) is 17.1 Å². The van der Waals surface area contributed by atoms with E-state index in [-0.39, 0.29) is 16.4 Å². The highest BCUT2D eigenvalue weighted by atomic mass is 32.1. The number of ether oxygens (including phenoxy) is 1. The fourth-order valence-corrected chi connectivity index (χ4v) is 1.55. The van der Waals surface area contributed by atoms with Gasteiger partial charge < -0.3 is 10.1 Å². The van der Waals surface area contributed by atoms with Gasteiger partial charge in [-0.25, -0.2) is 4.39 Å². The first-order valence-corrected chi connectivity index (χ1v) is 5.67. The van der Waals surface area contributed by atoms with Crippen LogP contribution in [-0.4, -0.2) is 12.2 Å². The van der Waals surface area contributed by atoms with E-state index < -0.39 is 0 Å². The average molecular weight is 264 g/mol. The van der Waals surface area contributed by atoms with E-state index in [1.165, 1.54) is 19.2 Å². The van der Waals surface area contributed by atoms with Gasteiger partial charge in [0.1, 0.15) is 17.5 Å². The van der Waals surface area contributed by atoms with Gasteiger partial charge >= 0.3 is 0 Å². The summed E-state index contributed by atoms with van der Waals surface area (Å²) in [7, 11) is 1.42. The van der Waals surface area contributed by atoms with Crippen LogP contribution in [0.5, 0.6) is 0 Å². The Morgan fingerprint density at radius 3 is 2.83 bits per heavy atom. The molecular formula is C13H13FN2OS. The maximum Gasteiger partial charge on any atom is 0.203 e. The molecule has 0 radical (unpaired) electrons. The smallest absolute Gasteiger partial charge is 0.203 e. The summed E-state index contributed by atoms with van der Waals surface area (Å²) in [5.41, 5.74) is 1.67. The van der Waals surface area contributed by atoms with Crippen molar-refractivity contribution in [3.05, 3.63) is 46.9 Å². The molecule has 0 aliphatic carbocycles. The molecule has 0 aliphatic heterocycles. The van der Waals surface area contributed by atoms with Gasteiger partial charge in [0.15, 0.2) is 0 Å². The minimum Gasteiger partial charge on any atom is -0.486 e. The lowest BCUT2D eigenvalue weighted by Crippen LogP contribution is -2.16. The van der Waals surface area contributed by atoms with Gasteiger partial charge in [0, 0.05) is 12.2 Å². The third kappa shape index (κ3) is 3.82. The van der Waals surface area contributed by atoms with E-state index in [0.717, 1.165) is 5.56 Å². The Morgan fingerprint density at radius 2 is 2.28 bits per heavy atom. The molecule has 0 heterocycles. The number of nitrogens with one attached hydrogen (secondary N) is 1. The summed E-state index contributed by atoms with van der Waals surface area (Å²) >= 11 is 4.90. The van der Waals surface area contributed by atoms with Crippen LogP contribution < -0.4 is 5.32 Å². The van der Waals surface area contributed by atoms with Crippen molar-refractivity contribution in [2.75, 3.05) is 7.11 Å². The molecule has 1 N–H and O–H groups in total. The Hall–Kier alpha value is -1.93. The standard InChI is InChI=1S/C13H13FN2OS/c1-9(12(7-15)13(18)17-2)16-8-10-4-3-5-11(14)6-10/h3-6,16H,8H2,1-2H3. The van der Waals surface area contributed by atoms with Crippen molar-refractivity contribution in [1.82, 2.24) is 5.32 Å². The van der Waals surface area contributed by atoms with E-state index in [0.29, 0.717) is 12.2 Å². The number of halogens is 1. The van der Waals surface area contributed by atoms with Crippen LogP contribution in [0.15, 0.2) is 35.5 Å². The fourth-order valence-electron chi connectivity index (χ4n) is 1.35. The number of nitriles is 1. The molecule has 0 aliphatic rings. The highest BCUT2D eigenvalue weighted by Gasteiger charge is 2.08. The van der Waals surface area contributed by atoms with Gasteiger partial charge in [0.25, 0.3) is 0 Å². The highest BCUT2D eigenvalue weighted by molar-refractivity contribution is 7.80. The molecule has 18 heavy (non-hydrogen) atoms. The Bertz CT molecular complexity index is 520. The molecule has 0 amide bonds. The molecule has 94 valence electrons. The number of benzene rings is 1. The maximum atomic E-state index is 13.0. The van der Waals surface area contributed by atoms with Gasteiger partial charge in [0.2, 0.25) is 5.05 Å². The second-order valence-electron chi connectivity index (χ2n) is 3.59.